The highest BCUT2D eigenvalue weighted by atomic mass is 79.9. The molecule has 1 aromatic heterocycles. The topological polar surface area (TPSA) is 36.7 Å². The van der Waals surface area contributed by atoms with Gasteiger partial charge in [-0.3, -0.25) is 0 Å². The molecule has 13 heavy (non-hydrogen) atoms. The second-order valence-electron chi connectivity index (χ2n) is 2.17. The van der Waals surface area contributed by atoms with Crippen LogP contribution in [0.1, 0.15) is 11.3 Å². The van der Waals surface area contributed by atoms with Crippen molar-refractivity contribution in [3.8, 4) is 6.07 Å². The largest absolute Gasteiger partial charge is 0.433 e. The number of aromatic nitrogens is 1. The number of alkyl halides is 3. The van der Waals surface area contributed by atoms with Crippen LogP contribution in [0.4, 0.5) is 13.2 Å². The van der Waals surface area contributed by atoms with E-state index in [1.165, 1.54) is 6.07 Å². The van der Waals surface area contributed by atoms with Gasteiger partial charge in [-0.05, 0) is 28.1 Å². The average molecular weight is 251 g/mol. The maximum absolute atomic E-state index is 12.1. The normalized spacial score (nSPS) is 11.0. The van der Waals surface area contributed by atoms with Gasteiger partial charge in [0, 0.05) is 0 Å². The highest BCUT2D eigenvalue weighted by Crippen LogP contribution is 2.29. The molecular formula is C7H2BrF3N2. The Morgan fingerprint density at radius 2 is 2.00 bits per heavy atom. The minimum atomic E-state index is -4.52. The molecule has 68 valence electrons. The lowest BCUT2D eigenvalue weighted by Gasteiger charge is -2.05. The van der Waals surface area contributed by atoms with Crippen molar-refractivity contribution in [1.82, 2.24) is 4.98 Å². The first kappa shape index (κ1) is 9.99. The standard InChI is InChI=1S/C7H2BrF3N2/c8-6-2-4(3-12)1-5(13-6)7(9,10)11/h1-2H. The number of nitrogens with zero attached hydrogens (tertiary/aromatic N) is 2. The number of pyridine rings is 1. The lowest BCUT2D eigenvalue weighted by Crippen LogP contribution is -2.08. The van der Waals surface area contributed by atoms with Crippen LogP contribution in [0.3, 0.4) is 0 Å². The van der Waals surface area contributed by atoms with Crippen LogP contribution in [0.25, 0.3) is 0 Å². The summed E-state index contributed by atoms with van der Waals surface area (Å²) in [5.74, 6) is 0. The van der Waals surface area contributed by atoms with Crippen molar-refractivity contribution in [3.63, 3.8) is 0 Å². The van der Waals surface area contributed by atoms with Crippen LogP contribution in [0.2, 0.25) is 0 Å². The summed E-state index contributed by atoms with van der Waals surface area (Å²) in [4.78, 5) is 3.19. The monoisotopic (exact) mass is 250 g/mol. The molecule has 0 unspecified atom stereocenters. The number of hydrogen-bond acceptors (Lipinski definition) is 2. The summed E-state index contributed by atoms with van der Waals surface area (Å²) in [6, 6.07) is 3.53. The van der Waals surface area contributed by atoms with Crippen molar-refractivity contribution in [3.05, 3.63) is 28.0 Å². The molecule has 1 aromatic rings. The van der Waals surface area contributed by atoms with E-state index in [0.29, 0.717) is 6.07 Å². The molecule has 1 rings (SSSR count). The Kier molecular flexibility index (Phi) is 2.57. The molecule has 0 spiro atoms. The Balaban J connectivity index is 3.26. The van der Waals surface area contributed by atoms with Crippen molar-refractivity contribution < 1.29 is 13.2 Å². The molecule has 0 saturated carbocycles. The minimum Gasteiger partial charge on any atom is -0.236 e. The molecule has 0 radical (unpaired) electrons. The fraction of sp³-hybridized carbons (Fsp3) is 0.143. The van der Waals surface area contributed by atoms with Crippen LogP contribution in [0, 0.1) is 11.3 Å². The van der Waals surface area contributed by atoms with Gasteiger partial charge in [0.25, 0.3) is 0 Å². The van der Waals surface area contributed by atoms with Gasteiger partial charge in [-0.1, -0.05) is 0 Å². The summed E-state index contributed by atoms with van der Waals surface area (Å²) in [5.41, 5.74) is -1.15. The van der Waals surface area contributed by atoms with E-state index in [4.69, 9.17) is 5.26 Å². The van der Waals surface area contributed by atoms with Crippen molar-refractivity contribution in [2.24, 2.45) is 0 Å². The summed E-state index contributed by atoms with van der Waals surface area (Å²) < 4.78 is 36.3. The summed E-state index contributed by atoms with van der Waals surface area (Å²) in [5, 5.41) is 8.39. The number of rotatable bonds is 0. The second kappa shape index (κ2) is 3.34. The van der Waals surface area contributed by atoms with E-state index >= 15 is 0 Å². The molecular weight excluding hydrogens is 249 g/mol. The molecule has 0 N–H and O–H groups in total. The molecule has 0 bridgehead atoms. The quantitative estimate of drug-likeness (QED) is 0.664. The average Bonchev–Trinajstić information content (AvgIpc) is 2.01. The molecule has 6 heteroatoms. The first-order chi connectivity index (χ1) is 5.93. The van der Waals surface area contributed by atoms with Gasteiger partial charge in [0.1, 0.15) is 10.3 Å². The van der Waals surface area contributed by atoms with E-state index in [2.05, 4.69) is 20.9 Å². The highest BCUT2D eigenvalue weighted by Gasteiger charge is 2.33. The molecule has 0 aromatic carbocycles. The van der Waals surface area contributed by atoms with Crippen molar-refractivity contribution in [1.29, 1.82) is 5.26 Å². The SMILES string of the molecule is N#Cc1cc(Br)nc(C(F)(F)F)c1. The van der Waals surface area contributed by atoms with Crippen molar-refractivity contribution >= 4 is 15.9 Å². The summed E-state index contributed by atoms with van der Waals surface area (Å²) in [6.07, 6.45) is -4.52. The lowest BCUT2D eigenvalue weighted by molar-refractivity contribution is -0.141. The van der Waals surface area contributed by atoms with Gasteiger partial charge in [-0.2, -0.15) is 18.4 Å². The van der Waals surface area contributed by atoms with Gasteiger partial charge in [-0.25, -0.2) is 4.98 Å². The zero-order valence-corrected chi connectivity index (χ0v) is 7.65. The number of hydrogen-bond donors (Lipinski definition) is 0. The van der Waals surface area contributed by atoms with Crippen LogP contribution < -0.4 is 0 Å². The fourth-order valence-corrected chi connectivity index (χ4v) is 1.14. The van der Waals surface area contributed by atoms with Crippen LogP contribution in [-0.2, 0) is 6.18 Å². The van der Waals surface area contributed by atoms with Gasteiger partial charge in [0.05, 0.1) is 11.6 Å². The van der Waals surface area contributed by atoms with Crippen molar-refractivity contribution in [2.45, 2.75) is 6.18 Å². The van der Waals surface area contributed by atoms with Gasteiger partial charge >= 0.3 is 6.18 Å². The zero-order valence-electron chi connectivity index (χ0n) is 6.06. The number of halogens is 4. The maximum atomic E-state index is 12.1. The van der Waals surface area contributed by atoms with Gasteiger partial charge in [0.2, 0.25) is 0 Å². The third-order valence-corrected chi connectivity index (χ3v) is 1.62. The van der Waals surface area contributed by atoms with E-state index in [1.54, 1.807) is 6.07 Å². The van der Waals surface area contributed by atoms with Crippen LogP contribution in [0.5, 0.6) is 0 Å². The van der Waals surface area contributed by atoms with Gasteiger partial charge in [-0.15, -0.1) is 0 Å². The van der Waals surface area contributed by atoms with Gasteiger partial charge in [0.15, 0.2) is 0 Å². The third-order valence-electron chi connectivity index (χ3n) is 1.21. The Hall–Kier alpha value is -1.09. The molecule has 0 atom stereocenters. The minimum absolute atomic E-state index is 0.00104. The first-order valence-corrected chi connectivity index (χ1v) is 3.87. The van der Waals surface area contributed by atoms with Crippen LogP contribution >= 0.6 is 15.9 Å². The predicted octanol–water partition coefficient (Wildman–Crippen LogP) is 2.73. The highest BCUT2D eigenvalue weighted by molar-refractivity contribution is 9.10. The van der Waals surface area contributed by atoms with E-state index in [9.17, 15) is 13.2 Å². The Morgan fingerprint density at radius 3 is 2.46 bits per heavy atom. The van der Waals surface area contributed by atoms with E-state index in [0.717, 1.165) is 0 Å². The van der Waals surface area contributed by atoms with Crippen LogP contribution in [-0.4, -0.2) is 4.98 Å². The Bertz CT molecular complexity index is 367. The maximum Gasteiger partial charge on any atom is 0.433 e. The lowest BCUT2D eigenvalue weighted by atomic mass is 10.2. The summed E-state index contributed by atoms with van der Waals surface area (Å²) in [6.45, 7) is 0. The smallest absolute Gasteiger partial charge is 0.236 e. The zero-order chi connectivity index (χ0) is 10.1. The number of nitriles is 1. The molecule has 2 nitrogen and oxygen atoms in total. The van der Waals surface area contributed by atoms with E-state index < -0.39 is 11.9 Å². The van der Waals surface area contributed by atoms with Crippen molar-refractivity contribution in [2.75, 3.05) is 0 Å². The fourth-order valence-electron chi connectivity index (χ4n) is 0.707. The van der Waals surface area contributed by atoms with E-state index in [-0.39, 0.29) is 10.2 Å². The second-order valence-corrected chi connectivity index (χ2v) is 2.99. The molecule has 0 aliphatic rings. The molecule has 0 fully saturated rings. The summed E-state index contributed by atoms with van der Waals surface area (Å²) in [7, 11) is 0. The molecule has 1 heterocycles. The van der Waals surface area contributed by atoms with E-state index in [1.807, 2.05) is 0 Å². The molecule has 0 aliphatic carbocycles. The molecule has 0 aliphatic heterocycles. The van der Waals surface area contributed by atoms with Crippen LogP contribution in [0.15, 0.2) is 16.7 Å². The predicted molar refractivity (Wildman–Crippen MR) is 41.7 cm³/mol. The molecule has 0 amide bonds. The Labute approximate surface area is 80.1 Å². The third kappa shape index (κ3) is 2.42. The van der Waals surface area contributed by atoms with Gasteiger partial charge < -0.3 is 0 Å². The Morgan fingerprint density at radius 1 is 1.38 bits per heavy atom. The molecule has 0 saturated heterocycles. The summed E-state index contributed by atoms with van der Waals surface area (Å²) >= 11 is 2.78. The first-order valence-electron chi connectivity index (χ1n) is 3.08.